The fraction of sp³-hybridized carbons (Fsp3) is 0. The van der Waals surface area contributed by atoms with E-state index in [9.17, 15) is 9.90 Å². The highest BCUT2D eigenvalue weighted by Crippen LogP contribution is 2.29. The third kappa shape index (κ3) is 1.96. The van der Waals surface area contributed by atoms with Gasteiger partial charge in [-0.3, -0.25) is 5.10 Å². The molecule has 1 aromatic heterocycles. The van der Waals surface area contributed by atoms with Crippen LogP contribution in [0.5, 0.6) is 0 Å². The average Bonchev–Trinajstić information content (AvgIpc) is 2.83. The van der Waals surface area contributed by atoms with E-state index >= 15 is 0 Å². The van der Waals surface area contributed by atoms with Gasteiger partial charge in [0.25, 0.3) is 0 Å². The van der Waals surface area contributed by atoms with Crippen molar-refractivity contribution < 1.29 is 9.90 Å². The summed E-state index contributed by atoms with van der Waals surface area (Å²) in [6.07, 6.45) is 0. The number of carbonyl (C=O) groups is 1. The van der Waals surface area contributed by atoms with Crippen LogP contribution in [0, 0.1) is 0 Å². The molecule has 0 fully saturated rings. The third-order valence-electron chi connectivity index (χ3n) is 2.94. The summed E-state index contributed by atoms with van der Waals surface area (Å²) in [6, 6.07) is 12.2. The van der Waals surface area contributed by atoms with Gasteiger partial charge < -0.3 is 5.11 Å². The van der Waals surface area contributed by atoms with Gasteiger partial charge in [-0.25, -0.2) is 4.79 Å². The molecule has 2 N–H and O–H groups in total. The lowest BCUT2D eigenvalue weighted by Gasteiger charge is -2.01. The SMILES string of the molecule is O=C(O)c1cccc2[nH]nc(-c3ccc(Cl)cc3)c12. The van der Waals surface area contributed by atoms with E-state index in [-0.39, 0.29) is 5.56 Å². The van der Waals surface area contributed by atoms with Gasteiger partial charge in [-0.2, -0.15) is 5.10 Å². The van der Waals surface area contributed by atoms with E-state index in [4.69, 9.17) is 11.6 Å². The number of aromatic amines is 1. The van der Waals surface area contributed by atoms with Crippen molar-refractivity contribution in [2.24, 2.45) is 0 Å². The molecule has 0 saturated heterocycles. The van der Waals surface area contributed by atoms with Crippen LogP contribution in [0.15, 0.2) is 42.5 Å². The van der Waals surface area contributed by atoms with Crippen LogP contribution in [0.3, 0.4) is 0 Å². The molecule has 0 atom stereocenters. The molecule has 4 nitrogen and oxygen atoms in total. The molecule has 0 radical (unpaired) electrons. The van der Waals surface area contributed by atoms with Gasteiger partial charge in [0.15, 0.2) is 0 Å². The molecule has 0 aliphatic rings. The Bertz CT molecular complexity index is 763. The lowest BCUT2D eigenvalue weighted by Crippen LogP contribution is -1.97. The van der Waals surface area contributed by atoms with Crippen molar-refractivity contribution in [3.05, 3.63) is 53.1 Å². The van der Waals surface area contributed by atoms with Crippen molar-refractivity contribution in [3.63, 3.8) is 0 Å². The number of benzene rings is 2. The fourth-order valence-corrected chi connectivity index (χ4v) is 2.19. The van der Waals surface area contributed by atoms with E-state index in [0.29, 0.717) is 21.6 Å². The van der Waals surface area contributed by atoms with E-state index in [1.54, 1.807) is 30.3 Å². The monoisotopic (exact) mass is 272 g/mol. The number of aromatic carboxylic acids is 1. The van der Waals surface area contributed by atoms with Gasteiger partial charge in [-0.1, -0.05) is 29.8 Å². The molecule has 1 heterocycles. The maximum Gasteiger partial charge on any atom is 0.336 e. The van der Waals surface area contributed by atoms with Gasteiger partial charge in [-0.05, 0) is 24.3 Å². The Morgan fingerprint density at radius 1 is 1.16 bits per heavy atom. The molecule has 19 heavy (non-hydrogen) atoms. The first-order valence-electron chi connectivity index (χ1n) is 5.63. The first kappa shape index (κ1) is 11.7. The maximum absolute atomic E-state index is 11.3. The molecule has 0 bridgehead atoms. The van der Waals surface area contributed by atoms with E-state index in [1.165, 1.54) is 0 Å². The lowest BCUT2D eigenvalue weighted by molar-refractivity contribution is 0.0699. The van der Waals surface area contributed by atoms with Crippen LogP contribution in [0.2, 0.25) is 5.02 Å². The lowest BCUT2D eigenvalue weighted by atomic mass is 10.0. The summed E-state index contributed by atoms with van der Waals surface area (Å²) in [5, 5.41) is 17.5. The smallest absolute Gasteiger partial charge is 0.336 e. The molecule has 0 amide bonds. The van der Waals surface area contributed by atoms with Crippen LogP contribution >= 0.6 is 11.6 Å². The van der Waals surface area contributed by atoms with Crippen molar-refractivity contribution in [2.75, 3.05) is 0 Å². The summed E-state index contributed by atoms with van der Waals surface area (Å²) >= 11 is 5.85. The number of carboxylic acid groups (broad SMARTS) is 1. The number of nitrogens with zero attached hydrogens (tertiary/aromatic N) is 1. The van der Waals surface area contributed by atoms with E-state index in [2.05, 4.69) is 10.2 Å². The second-order valence-electron chi connectivity index (χ2n) is 4.11. The number of halogens is 1. The molecular formula is C14H9ClN2O2. The van der Waals surface area contributed by atoms with Gasteiger partial charge in [-0.15, -0.1) is 0 Å². The van der Waals surface area contributed by atoms with Crippen LogP contribution in [0.25, 0.3) is 22.2 Å². The van der Waals surface area contributed by atoms with Gasteiger partial charge in [0.1, 0.15) is 5.69 Å². The Balaban J connectivity index is 2.30. The zero-order valence-corrected chi connectivity index (χ0v) is 10.5. The fourth-order valence-electron chi connectivity index (χ4n) is 2.07. The number of hydrogen-bond acceptors (Lipinski definition) is 2. The number of H-pyrrole nitrogens is 1. The third-order valence-corrected chi connectivity index (χ3v) is 3.19. The van der Waals surface area contributed by atoms with Gasteiger partial charge >= 0.3 is 5.97 Å². The second kappa shape index (κ2) is 4.40. The van der Waals surface area contributed by atoms with E-state index in [1.807, 2.05) is 12.1 Å². The maximum atomic E-state index is 11.3. The highest BCUT2D eigenvalue weighted by molar-refractivity contribution is 6.30. The zero-order chi connectivity index (χ0) is 13.4. The van der Waals surface area contributed by atoms with Crippen LogP contribution in [-0.2, 0) is 0 Å². The van der Waals surface area contributed by atoms with Crippen LogP contribution in [0.4, 0.5) is 0 Å². The van der Waals surface area contributed by atoms with Crippen molar-refractivity contribution in [2.45, 2.75) is 0 Å². The molecule has 94 valence electrons. The number of fused-ring (bicyclic) bond motifs is 1. The predicted molar refractivity (Wildman–Crippen MR) is 73.5 cm³/mol. The molecular weight excluding hydrogens is 264 g/mol. The topological polar surface area (TPSA) is 66.0 Å². The number of aromatic nitrogens is 2. The Kier molecular flexibility index (Phi) is 2.72. The average molecular weight is 273 g/mol. The van der Waals surface area contributed by atoms with Gasteiger partial charge in [0.05, 0.1) is 11.1 Å². The quantitative estimate of drug-likeness (QED) is 0.749. The molecule has 0 aliphatic carbocycles. The molecule has 3 rings (SSSR count). The molecule has 0 unspecified atom stereocenters. The summed E-state index contributed by atoms with van der Waals surface area (Å²) < 4.78 is 0. The second-order valence-corrected chi connectivity index (χ2v) is 4.55. The van der Waals surface area contributed by atoms with Crippen molar-refractivity contribution in [3.8, 4) is 11.3 Å². The normalized spacial score (nSPS) is 10.8. The van der Waals surface area contributed by atoms with Crippen LogP contribution in [-0.4, -0.2) is 21.3 Å². The first-order valence-corrected chi connectivity index (χ1v) is 6.01. The summed E-state index contributed by atoms with van der Waals surface area (Å²) in [7, 11) is 0. The minimum Gasteiger partial charge on any atom is -0.478 e. The van der Waals surface area contributed by atoms with Gasteiger partial charge in [0.2, 0.25) is 0 Å². The minimum atomic E-state index is -0.970. The predicted octanol–water partition coefficient (Wildman–Crippen LogP) is 3.58. The van der Waals surface area contributed by atoms with Crippen molar-refractivity contribution >= 4 is 28.5 Å². The first-order chi connectivity index (χ1) is 9.16. The number of rotatable bonds is 2. The Hall–Kier alpha value is -2.33. The summed E-state index contributed by atoms with van der Waals surface area (Å²) in [6.45, 7) is 0. The van der Waals surface area contributed by atoms with Crippen LogP contribution < -0.4 is 0 Å². The number of hydrogen-bond donors (Lipinski definition) is 2. The molecule has 3 aromatic rings. The van der Waals surface area contributed by atoms with Crippen LogP contribution in [0.1, 0.15) is 10.4 Å². The van der Waals surface area contributed by atoms with E-state index in [0.717, 1.165) is 5.56 Å². The standard InChI is InChI=1S/C14H9ClN2O2/c15-9-6-4-8(5-7-9)13-12-10(14(18)19)2-1-3-11(12)16-17-13/h1-7H,(H,16,17)(H,18,19). The molecule has 0 spiro atoms. The highest BCUT2D eigenvalue weighted by atomic mass is 35.5. The number of nitrogens with one attached hydrogen (secondary N) is 1. The minimum absolute atomic E-state index is 0.233. The largest absolute Gasteiger partial charge is 0.478 e. The van der Waals surface area contributed by atoms with Gasteiger partial charge in [0, 0.05) is 16.0 Å². The summed E-state index contributed by atoms with van der Waals surface area (Å²) in [5.41, 5.74) is 2.37. The molecule has 0 aliphatic heterocycles. The molecule has 0 saturated carbocycles. The van der Waals surface area contributed by atoms with Crippen molar-refractivity contribution in [1.29, 1.82) is 0 Å². The molecule has 5 heteroatoms. The zero-order valence-electron chi connectivity index (χ0n) is 9.72. The Morgan fingerprint density at radius 2 is 1.89 bits per heavy atom. The Morgan fingerprint density at radius 3 is 2.58 bits per heavy atom. The number of carboxylic acids is 1. The highest BCUT2D eigenvalue weighted by Gasteiger charge is 2.15. The van der Waals surface area contributed by atoms with Crippen molar-refractivity contribution in [1.82, 2.24) is 10.2 Å². The summed E-state index contributed by atoms with van der Waals surface area (Å²) in [4.78, 5) is 11.3. The molecule has 2 aromatic carbocycles. The Labute approximate surface area is 113 Å². The van der Waals surface area contributed by atoms with E-state index < -0.39 is 5.97 Å². The summed E-state index contributed by atoms with van der Waals surface area (Å²) in [5.74, 6) is -0.970.